The van der Waals surface area contributed by atoms with Gasteiger partial charge in [0.1, 0.15) is 5.82 Å². The van der Waals surface area contributed by atoms with Crippen LogP contribution in [0, 0.1) is 12.7 Å². The molecule has 0 saturated carbocycles. The molecule has 0 bridgehead atoms. The first-order valence-electron chi connectivity index (χ1n) is 6.10. The summed E-state index contributed by atoms with van der Waals surface area (Å²) in [6, 6.07) is 4.22. The van der Waals surface area contributed by atoms with Crippen molar-refractivity contribution in [2.45, 2.75) is 19.9 Å². The van der Waals surface area contributed by atoms with Crippen LogP contribution >= 0.6 is 34.5 Å². The van der Waals surface area contributed by atoms with Crippen LogP contribution in [0.3, 0.4) is 0 Å². The van der Waals surface area contributed by atoms with Crippen LogP contribution in [0.4, 0.5) is 10.1 Å². The van der Waals surface area contributed by atoms with Gasteiger partial charge in [-0.3, -0.25) is 4.79 Å². The molecule has 1 unspecified atom stereocenters. The summed E-state index contributed by atoms with van der Waals surface area (Å²) >= 11 is 13.3. The Morgan fingerprint density at radius 3 is 2.57 bits per heavy atom. The number of primary amides is 1. The van der Waals surface area contributed by atoms with Gasteiger partial charge in [0.15, 0.2) is 0 Å². The molecule has 0 fully saturated rings. The summed E-state index contributed by atoms with van der Waals surface area (Å²) in [4.78, 5) is 11.2. The van der Waals surface area contributed by atoms with E-state index in [1.54, 1.807) is 13.0 Å². The van der Waals surface area contributed by atoms with Crippen molar-refractivity contribution in [2.24, 2.45) is 5.73 Å². The zero-order valence-corrected chi connectivity index (χ0v) is 13.7. The lowest BCUT2D eigenvalue weighted by Gasteiger charge is -2.17. The monoisotopic (exact) mass is 346 g/mol. The largest absolute Gasteiger partial charge is 0.378 e. The van der Waals surface area contributed by atoms with Crippen molar-refractivity contribution in [2.75, 3.05) is 5.32 Å². The Kier molecular flexibility index (Phi) is 4.76. The standard InChI is InChI=1S/C14H13Cl2FN2OS/c1-6-10(17)3-8(14(18)20)4-11(6)19-7(2)9-5-12(15)21-13(9)16/h3-5,7,19H,1-2H3,(H2,18,20). The molecule has 0 aliphatic heterocycles. The fourth-order valence-electron chi connectivity index (χ4n) is 1.93. The van der Waals surface area contributed by atoms with Gasteiger partial charge in [-0.1, -0.05) is 23.2 Å². The van der Waals surface area contributed by atoms with Crippen molar-refractivity contribution < 1.29 is 9.18 Å². The van der Waals surface area contributed by atoms with Gasteiger partial charge < -0.3 is 11.1 Å². The maximum Gasteiger partial charge on any atom is 0.248 e. The number of rotatable bonds is 4. The molecule has 0 aliphatic rings. The van der Waals surface area contributed by atoms with Crippen LogP contribution in [0.1, 0.15) is 34.5 Å². The summed E-state index contributed by atoms with van der Waals surface area (Å²) in [6.45, 7) is 3.50. The average molecular weight is 347 g/mol. The van der Waals surface area contributed by atoms with Gasteiger partial charge in [-0.25, -0.2) is 4.39 Å². The molecule has 1 amide bonds. The molecule has 0 spiro atoms. The zero-order chi connectivity index (χ0) is 15.7. The molecular formula is C14H13Cl2FN2OS. The lowest BCUT2D eigenvalue weighted by atomic mass is 10.1. The third kappa shape index (κ3) is 3.48. The van der Waals surface area contributed by atoms with Gasteiger partial charge in [-0.15, -0.1) is 11.3 Å². The van der Waals surface area contributed by atoms with Gasteiger partial charge >= 0.3 is 0 Å². The predicted octanol–water partition coefficient (Wildman–Crippen LogP) is 4.77. The Morgan fingerprint density at radius 2 is 2.05 bits per heavy atom. The van der Waals surface area contributed by atoms with E-state index in [4.69, 9.17) is 28.9 Å². The molecule has 0 saturated heterocycles. The highest BCUT2D eigenvalue weighted by molar-refractivity contribution is 7.20. The maximum atomic E-state index is 13.8. The van der Waals surface area contributed by atoms with E-state index in [9.17, 15) is 9.18 Å². The van der Waals surface area contributed by atoms with Gasteiger partial charge in [-0.2, -0.15) is 0 Å². The molecule has 1 atom stereocenters. The zero-order valence-electron chi connectivity index (χ0n) is 11.3. The van der Waals surface area contributed by atoms with Crippen LogP contribution in [0.25, 0.3) is 0 Å². The van der Waals surface area contributed by atoms with Crippen molar-refractivity contribution in [3.8, 4) is 0 Å². The normalized spacial score (nSPS) is 12.2. The summed E-state index contributed by atoms with van der Waals surface area (Å²) in [5, 5.41) is 3.13. The van der Waals surface area contributed by atoms with E-state index >= 15 is 0 Å². The summed E-state index contributed by atoms with van der Waals surface area (Å²) in [6.07, 6.45) is 0. The third-order valence-electron chi connectivity index (χ3n) is 3.15. The maximum absolute atomic E-state index is 13.8. The molecule has 2 aromatic rings. The molecule has 2 rings (SSSR count). The number of thiophene rings is 1. The molecule has 3 nitrogen and oxygen atoms in total. The first kappa shape index (κ1) is 16.1. The minimum Gasteiger partial charge on any atom is -0.378 e. The van der Waals surface area contributed by atoms with E-state index in [0.717, 1.165) is 11.6 Å². The van der Waals surface area contributed by atoms with Gasteiger partial charge in [0.2, 0.25) is 5.91 Å². The molecule has 1 heterocycles. The van der Waals surface area contributed by atoms with Crippen molar-refractivity contribution in [3.05, 3.63) is 49.4 Å². The third-order valence-corrected chi connectivity index (χ3v) is 4.67. The second kappa shape index (κ2) is 6.22. The molecule has 1 aromatic carbocycles. The molecule has 112 valence electrons. The minimum atomic E-state index is -0.679. The van der Waals surface area contributed by atoms with Gasteiger partial charge in [0.25, 0.3) is 0 Å². The van der Waals surface area contributed by atoms with E-state index < -0.39 is 11.7 Å². The van der Waals surface area contributed by atoms with Gasteiger partial charge in [0, 0.05) is 22.4 Å². The number of amides is 1. The number of nitrogens with two attached hydrogens (primary N) is 1. The van der Waals surface area contributed by atoms with Crippen LogP contribution in [0.2, 0.25) is 8.67 Å². The lowest BCUT2D eigenvalue weighted by molar-refractivity contribution is 0.1000. The van der Waals surface area contributed by atoms with Crippen LogP contribution in [0.15, 0.2) is 18.2 Å². The van der Waals surface area contributed by atoms with Crippen molar-refractivity contribution in [1.82, 2.24) is 0 Å². The topological polar surface area (TPSA) is 55.1 Å². The number of anilines is 1. The second-order valence-electron chi connectivity index (χ2n) is 4.64. The van der Waals surface area contributed by atoms with Crippen LogP contribution in [-0.4, -0.2) is 5.91 Å². The fraction of sp³-hybridized carbons (Fsp3) is 0.214. The van der Waals surface area contributed by atoms with Crippen molar-refractivity contribution in [3.63, 3.8) is 0 Å². The first-order chi connectivity index (χ1) is 9.79. The average Bonchev–Trinajstić information content (AvgIpc) is 2.73. The second-order valence-corrected chi connectivity index (χ2v) is 6.93. The Bertz CT molecular complexity index is 703. The van der Waals surface area contributed by atoms with Gasteiger partial charge in [0.05, 0.1) is 14.7 Å². The summed E-state index contributed by atoms with van der Waals surface area (Å²) < 4.78 is 15.0. The highest BCUT2D eigenvalue weighted by Gasteiger charge is 2.16. The summed E-state index contributed by atoms with van der Waals surface area (Å²) in [5.74, 6) is -1.17. The van der Waals surface area contributed by atoms with E-state index in [1.165, 1.54) is 17.4 Å². The molecule has 7 heteroatoms. The minimum absolute atomic E-state index is 0.113. The molecule has 21 heavy (non-hydrogen) atoms. The molecular weight excluding hydrogens is 334 g/mol. The molecule has 1 aromatic heterocycles. The highest BCUT2D eigenvalue weighted by Crippen LogP contribution is 2.36. The Morgan fingerprint density at radius 1 is 1.38 bits per heavy atom. The number of nitrogens with one attached hydrogen (secondary N) is 1. The SMILES string of the molecule is Cc1c(F)cc(C(N)=O)cc1NC(C)c1cc(Cl)sc1Cl. The Hall–Kier alpha value is -1.30. The van der Waals surface area contributed by atoms with E-state index in [0.29, 0.717) is 19.9 Å². The van der Waals surface area contributed by atoms with Crippen LogP contribution in [0.5, 0.6) is 0 Å². The fourth-order valence-corrected chi connectivity index (χ4v) is 3.58. The van der Waals surface area contributed by atoms with Gasteiger partial charge in [-0.05, 0) is 32.0 Å². The first-order valence-corrected chi connectivity index (χ1v) is 7.68. The molecule has 0 radical (unpaired) electrons. The van der Waals surface area contributed by atoms with Crippen molar-refractivity contribution in [1.29, 1.82) is 0 Å². The number of carbonyl (C=O) groups excluding carboxylic acids is 1. The van der Waals surface area contributed by atoms with Crippen LogP contribution < -0.4 is 11.1 Å². The number of hydrogen-bond acceptors (Lipinski definition) is 3. The quantitative estimate of drug-likeness (QED) is 0.837. The van der Waals surface area contributed by atoms with Crippen LogP contribution in [-0.2, 0) is 0 Å². The highest BCUT2D eigenvalue weighted by atomic mass is 35.5. The summed E-state index contributed by atoms with van der Waals surface area (Å²) in [7, 11) is 0. The number of hydrogen-bond donors (Lipinski definition) is 2. The number of carbonyl (C=O) groups is 1. The lowest BCUT2D eigenvalue weighted by Crippen LogP contribution is -2.14. The Balaban J connectivity index is 2.34. The summed E-state index contributed by atoms with van der Waals surface area (Å²) in [5.41, 5.74) is 7.03. The molecule has 0 aliphatic carbocycles. The van der Waals surface area contributed by atoms with E-state index in [-0.39, 0.29) is 11.6 Å². The molecule has 3 N–H and O–H groups in total. The van der Waals surface area contributed by atoms with Crippen molar-refractivity contribution >= 4 is 46.1 Å². The van der Waals surface area contributed by atoms with E-state index in [2.05, 4.69) is 5.32 Å². The predicted molar refractivity (Wildman–Crippen MR) is 86.0 cm³/mol. The Labute approximate surface area is 135 Å². The number of benzene rings is 1. The smallest absolute Gasteiger partial charge is 0.248 e. The van der Waals surface area contributed by atoms with E-state index in [1.807, 2.05) is 6.92 Å². The number of halogens is 3.